The fourth-order valence-electron chi connectivity index (χ4n) is 4.56. The second-order valence-corrected chi connectivity index (χ2v) is 9.31. The number of rotatable bonds is 9. The average molecular weight is 469 g/mol. The molecule has 7 heteroatoms. The van der Waals surface area contributed by atoms with Crippen LogP contribution in [0.1, 0.15) is 55.5 Å². The number of benzene rings is 2. The molecule has 0 saturated heterocycles. The standard InChI is InChI=1S/C27H36N2O5/c1-19(2)23(17-30)29-26(32)34-21-13-15-27(16-14-21,20-9-5-4-6-10-20)18-28-25(31)22-11-7-8-12-24(22)33-3/h4-12,19,21,23,30H,13-18H2,1-3H3,(H,28,31)(H,29,32). The van der Waals surface area contributed by atoms with Crippen molar-refractivity contribution >= 4 is 12.0 Å². The van der Waals surface area contributed by atoms with Gasteiger partial charge in [0, 0.05) is 12.0 Å². The van der Waals surface area contributed by atoms with Crippen LogP contribution in [-0.4, -0.2) is 49.5 Å². The zero-order valence-electron chi connectivity index (χ0n) is 20.3. The first kappa shape index (κ1) is 25.6. The zero-order valence-corrected chi connectivity index (χ0v) is 20.3. The Morgan fingerprint density at radius 1 is 1.06 bits per heavy atom. The van der Waals surface area contributed by atoms with Gasteiger partial charge in [-0.25, -0.2) is 4.79 Å². The quantitative estimate of drug-likeness (QED) is 0.516. The molecule has 184 valence electrons. The second-order valence-electron chi connectivity index (χ2n) is 9.31. The third-order valence-corrected chi connectivity index (χ3v) is 6.79. The molecular weight excluding hydrogens is 432 g/mol. The van der Waals surface area contributed by atoms with Gasteiger partial charge >= 0.3 is 6.09 Å². The van der Waals surface area contributed by atoms with Crippen molar-refractivity contribution in [2.45, 2.75) is 57.1 Å². The van der Waals surface area contributed by atoms with Gasteiger partial charge in [-0.15, -0.1) is 0 Å². The highest BCUT2D eigenvalue weighted by molar-refractivity contribution is 5.97. The van der Waals surface area contributed by atoms with Gasteiger partial charge in [-0.1, -0.05) is 56.3 Å². The summed E-state index contributed by atoms with van der Waals surface area (Å²) in [4.78, 5) is 25.3. The largest absolute Gasteiger partial charge is 0.496 e. The Morgan fingerprint density at radius 3 is 2.32 bits per heavy atom. The minimum atomic E-state index is -0.491. The number of alkyl carbamates (subject to hydrolysis) is 1. The van der Waals surface area contributed by atoms with Gasteiger partial charge in [0.05, 0.1) is 25.3 Å². The Kier molecular flexibility index (Phi) is 8.93. The van der Waals surface area contributed by atoms with Crippen LogP contribution in [0.4, 0.5) is 4.79 Å². The lowest BCUT2D eigenvalue weighted by Gasteiger charge is -2.40. The lowest BCUT2D eigenvalue weighted by atomic mass is 9.68. The van der Waals surface area contributed by atoms with Crippen molar-refractivity contribution in [1.29, 1.82) is 0 Å². The summed E-state index contributed by atoms with van der Waals surface area (Å²) in [6, 6.07) is 17.0. The highest BCUT2D eigenvalue weighted by Crippen LogP contribution is 2.40. The fraction of sp³-hybridized carbons (Fsp3) is 0.481. The van der Waals surface area contributed by atoms with E-state index in [9.17, 15) is 14.7 Å². The van der Waals surface area contributed by atoms with Gasteiger partial charge in [0.2, 0.25) is 0 Å². The molecule has 1 atom stereocenters. The van der Waals surface area contributed by atoms with Gasteiger partial charge in [0.25, 0.3) is 5.91 Å². The molecule has 0 aliphatic heterocycles. The molecule has 1 saturated carbocycles. The summed E-state index contributed by atoms with van der Waals surface area (Å²) in [7, 11) is 1.55. The number of hydrogen-bond donors (Lipinski definition) is 3. The summed E-state index contributed by atoms with van der Waals surface area (Å²) in [6.07, 6.45) is 2.24. The summed E-state index contributed by atoms with van der Waals surface area (Å²) < 4.78 is 11.0. The molecule has 0 aromatic heterocycles. The maximum atomic E-state index is 12.9. The predicted molar refractivity (Wildman–Crippen MR) is 131 cm³/mol. The first-order chi connectivity index (χ1) is 16.4. The number of carbonyl (C=O) groups excluding carboxylic acids is 2. The maximum Gasteiger partial charge on any atom is 0.407 e. The second kappa shape index (κ2) is 11.9. The molecule has 2 aromatic carbocycles. The van der Waals surface area contributed by atoms with E-state index in [1.165, 1.54) is 5.56 Å². The van der Waals surface area contributed by atoms with E-state index >= 15 is 0 Å². The van der Waals surface area contributed by atoms with Crippen molar-refractivity contribution < 1.29 is 24.2 Å². The van der Waals surface area contributed by atoms with E-state index in [-0.39, 0.29) is 36.0 Å². The van der Waals surface area contributed by atoms with E-state index in [1.807, 2.05) is 44.2 Å². The third kappa shape index (κ3) is 6.29. The molecule has 1 unspecified atom stereocenters. The van der Waals surface area contributed by atoms with E-state index in [0.29, 0.717) is 30.7 Å². The van der Waals surface area contributed by atoms with Crippen molar-refractivity contribution in [1.82, 2.24) is 10.6 Å². The smallest absolute Gasteiger partial charge is 0.407 e. The highest BCUT2D eigenvalue weighted by Gasteiger charge is 2.38. The first-order valence-electron chi connectivity index (χ1n) is 11.9. The molecule has 2 aromatic rings. The van der Waals surface area contributed by atoms with E-state index in [1.54, 1.807) is 19.2 Å². The van der Waals surface area contributed by atoms with E-state index in [4.69, 9.17) is 9.47 Å². The predicted octanol–water partition coefficient (Wildman–Crippen LogP) is 4.05. The Morgan fingerprint density at radius 2 is 1.71 bits per heavy atom. The maximum absolute atomic E-state index is 12.9. The molecule has 2 amide bonds. The number of amides is 2. The number of nitrogens with one attached hydrogen (secondary N) is 2. The van der Waals surface area contributed by atoms with Crippen LogP contribution in [-0.2, 0) is 10.2 Å². The van der Waals surface area contributed by atoms with Crippen LogP contribution in [0.25, 0.3) is 0 Å². The van der Waals surface area contributed by atoms with Crippen LogP contribution in [0.2, 0.25) is 0 Å². The minimum absolute atomic E-state index is 0.112. The summed E-state index contributed by atoms with van der Waals surface area (Å²) in [5.74, 6) is 0.482. The summed E-state index contributed by atoms with van der Waals surface area (Å²) in [5.41, 5.74) is 1.42. The molecule has 0 heterocycles. The molecule has 0 spiro atoms. The monoisotopic (exact) mass is 468 g/mol. The van der Waals surface area contributed by atoms with Crippen LogP contribution in [0.3, 0.4) is 0 Å². The van der Waals surface area contributed by atoms with Gasteiger partial charge in [-0.05, 0) is 49.3 Å². The Hall–Kier alpha value is -3.06. The lowest BCUT2D eigenvalue weighted by Crippen LogP contribution is -2.46. The number of carbonyl (C=O) groups is 2. The minimum Gasteiger partial charge on any atom is -0.496 e. The summed E-state index contributed by atoms with van der Waals surface area (Å²) in [5, 5.41) is 15.3. The molecule has 34 heavy (non-hydrogen) atoms. The number of methoxy groups -OCH3 is 1. The molecule has 3 N–H and O–H groups in total. The Bertz CT molecular complexity index is 939. The molecule has 0 radical (unpaired) electrons. The van der Waals surface area contributed by atoms with Crippen LogP contribution in [0.15, 0.2) is 54.6 Å². The first-order valence-corrected chi connectivity index (χ1v) is 11.9. The fourth-order valence-corrected chi connectivity index (χ4v) is 4.56. The topological polar surface area (TPSA) is 96.9 Å². The van der Waals surface area contributed by atoms with E-state index in [2.05, 4.69) is 22.8 Å². The molecule has 1 aliphatic rings. The molecule has 0 bridgehead atoms. The lowest BCUT2D eigenvalue weighted by molar-refractivity contribution is 0.0510. The molecule has 1 aliphatic carbocycles. The van der Waals surface area contributed by atoms with Gasteiger partial charge in [0.1, 0.15) is 11.9 Å². The van der Waals surface area contributed by atoms with Gasteiger partial charge in [-0.2, -0.15) is 0 Å². The SMILES string of the molecule is COc1ccccc1C(=O)NCC1(c2ccccc2)CCC(OC(=O)NC(CO)C(C)C)CC1. The molecule has 3 rings (SSSR count). The van der Waals surface area contributed by atoms with Crippen LogP contribution in [0.5, 0.6) is 5.75 Å². The van der Waals surface area contributed by atoms with Crippen molar-refractivity contribution in [3.63, 3.8) is 0 Å². The van der Waals surface area contributed by atoms with Crippen molar-refractivity contribution in [2.24, 2.45) is 5.92 Å². The van der Waals surface area contributed by atoms with E-state index < -0.39 is 6.09 Å². The molecule has 7 nitrogen and oxygen atoms in total. The average Bonchev–Trinajstić information content (AvgIpc) is 2.87. The number of hydrogen-bond acceptors (Lipinski definition) is 5. The molecule has 1 fully saturated rings. The number of ether oxygens (including phenoxy) is 2. The number of para-hydroxylation sites is 1. The van der Waals surface area contributed by atoms with Gasteiger partial charge in [-0.3, -0.25) is 4.79 Å². The van der Waals surface area contributed by atoms with Crippen LogP contribution in [0, 0.1) is 5.92 Å². The Labute approximate surface area is 201 Å². The normalized spacial score (nSPS) is 20.9. The van der Waals surface area contributed by atoms with Crippen LogP contribution < -0.4 is 15.4 Å². The third-order valence-electron chi connectivity index (χ3n) is 6.79. The zero-order chi connectivity index (χ0) is 24.6. The molecular formula is C27H36N2O5. The van der Waals surface area contributed by atoms with Crippen LogP contribution >= 0.6 is 0 Å². The number of aliphatic hydroxyl groups is 1. The van der Waals surface area contributed by atoms with Crippen molar-refractivity contribution in [3.8, 4) is 5.75 Å². The van der Waals surface area contributed by atoms with Gasteiger partial charge < -0.3 is 25.2 Å². The Balaban J connectivity index is 1.66. The highest BCUT2D eigenvalue weighted by atomic mass is 16.6. The van der Waals surface area contributed by atoms with Crippen molar-refractivity contribution in [2.75, 3.05) is 20.3 Å². The number of aliphatic hydroxyl groups excluding tert-OH is 1. The summed E-state index contributed by atoms with van der Waals surface area (Å²) >= 11 is 0. The summed E-state index contributed by atoms with van der Waals surface area (Å²) in [6.45, 7) is 4.23. The van der Waals surface area contributed by atoms with Crippen molar-refractivity contribution in [3.05, 3.63) is 65.7 Å². The van der Waals surface area contributed by atoms with Gasteiger partial charge in [0.15, 0.2) is 0 Å². The van der Waals surface area contributed by atoms with E-state index in [0.717, 1.165) is 12.8 Å².